The minimum atomic E-state index is -0.526. The largest absolute Gasteiger partial charge is 0.444 e. The molecule has 0 radical (unpaired) electrons. The number of hydrogen-bond donors (Lipinski definition) is 2. The van der Waals surface area contributed by atoms with Crippen molar-refractivity contribution in [2.45, 2.75) is 32.8 Å². The zero-order chi connectivity index (χ0) is 18.3. The first-order valence-corrected chi connectivity index (χ1v) is 7.75. The Morgan fingerprint density at radius 3 is 2.29 bits per heavy atom. The normalized spacial score (nSPS) is 10.6. The Morgan fingerprint density at radius 2 is 1.67 bits per heavy atom. The number of alkyl carbamates (subject to hydrolysis) is 1. The number of carbonyl (C=O) groups excluding carboxylic acids is 2. The van der Waals surface area contributed by atoms with E-state index in [0.717, 1.165) is 0 Å². The van der Waals surface area contributed by atoms with Crippen molar-refractivity contribution in [2.75, 3.05) is 46.1 Å². The lowest BCUT2D eigenvalue weighted by atomic mass is 10.2. The SMILES string of the molecule is CC(C)(C)OC(=O)NCCOCCNC(=O)CCOCCN=[N+]=[N-]. The van der Waals surface area contributed by atoms with Crippen molar-refractivity contribution >= 4 is 12.0 Å². The molecule has 0 saturated heterocycles. The fourth-order valence-corrected chi connectivity index (χ4v) is 1.41. The maximum Gasteiger partial charge on any atom is 0.407 e. The van der Waals surface area contributed by atoms with Crippen molar-refractivity contribution in [3.05, 3.63) is 10.4 Å². The second kappa shape index (κ2) is 13.4. The molecule has 0 aliphatic rings. The van der Waals surface area contributed by atoms with Crippen molar-refractivity contribution in [1.82, 2.24) is 10.6 Å². The number of hydrogen-bond acceptors (Lipinski definition) is 6. The summed E-state index contributed by atoms with van der Waals surface area (Å²) in [5, 5.41) is 8.55. The third-order valence-electron chi connectivity index (χ3n) is 2.36. The van der Waals surface area contributed by atoms with Crippen molar-refractivity contribution < 1.29 is 23.8 Å². The van der Waals surface area contributed by atoms with Gasteiger partial charge in [-0.05, 0) is 26.3 Å². The van der Waals surface area contributed by atoms with Gasteiger partial charge >= 0.3 is 6.09 Å². The maximum atomic E-state index is 11.4. The highest BCUT2D eigenvalue weighted by Crippen LogP contribution is 2.05. The molecule has 2 N–H and O–H groups in total. The van der Waals surface area contributed by atoms with E-state index in [1.165, 1.54) is 0 Å². The summed E-state index contributed by atoms with van der Waals surface area (Å²) in [6.07, 6.45) is -0.254. The Morgan fingerprint density at radius 1 is 1.04 bits per heavy atom. The molecule has 0 aromatic rings. The Hall–Kier alpha value is -2.03. The van der Waals surface area contributed by atoms with Gasteiger partial charge in [0, 0.05) is 31.0 Å². The average Bonchev–Trinajstić information content (AvgIpc) is 2.48. The van der Waals surface area contributed by atoms with Gasteiger partial charge in [0.1, 0.15) is 5.60 Å². The minimum Gasteiger partial charge on any atom is -0.444 e. The number of nitrogens with zero attached hydrogens (tertiary/aromatic N) is 3. The van der Waals surface area contributed by atoms with Gasteiger partial charge in [-0.3, -0.25) is 4.79 Å². The van der Waals surface area contributed by atoms with Crippen LogP contribution in [-0.4, -0.2) is 63.7 Å². The van der Waals surface area contributed by atoms with Crippen molar-refractivity contribution in [1.29, 1.82) is 0 Å². The maximum absolute atomic E-state index is 11.4. The first-order chi connectivity index (χ1) is 11.3. The molecule has 0 aliphatic heterocycles. The second-order valence-electron chi connectivity index (χ2n) is 5.71. The second-order valence-corrected chi connectivity index (χ2v) is 5.71. The lowest BCUT2D eigenvalue weighted by molar-refractivity contribution is -0.122. The fraction of sp³-hybridized carbons (Fsp3) is 0.857. The number of carbonyl (C=O) groups is 2. The van der Waals surface area contributed by atoms with Gasteiger partial charge in [0.05, 0.1) is 26.4 Å². The van der Waals surface area contributed by atoms with Gasteiger partial charge < -0.3 is 24.8 Å². The molecule has 0 aromatic carbocycles. The smallest absolute Gasteiger partial charge is 0.407 e. The topological polar surface area (TPSA) is 135 Å². The minimum absolute atomic E-state index is 0.144. The lowest BCUT2D eigenvalue weighted by Gasteiger charge is -2.19. The zero-order valence-electron chi connectivity index (χ0n) is 14.5. The molecule has 0 rings (SSSR count). The average molecular weight is 345 g/mol. The first-order valence-electron chi connectivity index (χ1n) is 7.75. The first kappa shape index (κ1) is 22.0. The number of amides is 2. The summed E-state index contributed by atoms with van der Waals surface area (Å²) in [7, 11) is 0. The molecule has 0 bridgehead atoms. The molecule has 0 spiro atoms. The van der Waals surface area contributed by atoms with E-state index >= 15 is 0 Å². The zero-order valence-corrected chi connectivity index (χ0v) is 14.5. The monoisotopic (exact) mass is 345 g/mol. The van der Waals surface area contributed by atoms with Crippen molar-refractivity contribution in [3.63, 3.8) is 0 Å². The highest BCUT2D eigenvalue weighted by atomic mass is 16.6. The molecule has 2 amide bonds. The Labute approximate surface area is 141 Å². The van der Waals surface area contributed by atoms with Crippen LogP contribution in [0, 0.1) is 0 Å². The predicted molar refractivity (Wildman–Crippen MR) is 87.5 cm³/mol. The van der Waals surface area contributed by atoms with E-state index in [4.69, 9.17) is 19.7 Å². The summed E-state index contributed by atoms with van der Waals surface area (Å²) >= 11 is 0. The van der Waals surface area contributed by atoms with Gasteiger partial charge in [-0.2, -0.15) is 0 Å². The van der Waals surface area contributed by atoms with E-state index in [1.807, 2.05) is 0 Å². The predicted octanol–water partition coefficient (Wildman–Crippen LogP) is 1.36. The number of azide groups is 1. The molecule has 0 heterocycles. The molecular weight excluding hydrogens is 318 g/mol. The molecule has 138 valence electrons. The number of nitrogens with one attached hydrogen (secondary N) is 2. The Bertz CT molecular complexity index is 418. The molecule has 10 heteroatoms. The molecule has 0 fully saturated rings. The van der Waals surface area contributed by atoms with Crippen LogP contribution < -0.4 is 10.6 Å². The lowest BCUT2D eigenvalue weighted by Crippen LogP contribution is -2.34. The molecule has 0 saturated carbocycles. The Kier molecular flexibility index (Phi) is 12.3. The van der Waals surface area contributed by atoms with Crippen molar-refractivity contribution in [2.24, 2.45) is 5.11 Å². The molecule has 0 aromatic heterocycles. The van der Waals surface area contributed by atoms with Crippen LogP contribution in [0.5, 0.6) is 0 Å². The van der Waals surface area contributed by atoms with E-state index in [-0.39, 0.29) is 25.5 Å². The van der Waals surface area contributed by atoms with Gasteiger partial charge in [0.2, 0.25) is 5.91 Å². The van der Waals surface area contributed by atoms with E-state index in [9.17, 15) is 9.59 Å². The fourth-order valence-electron chi connectivity index (χ4n) is 1.41. The van der Waals surface area contributed by atoms with Crippen LogP contribution >= 0.6 is 0 Å². The summed E-state index contributed by atoms with van der Waals surface area (Å²) in [6.45, 7) is 7.58. The summed E-state index contributed by atoms with van der Waals surface area (Å²) in [5.74, 6) is -0.144. The van der Waals surface area contributed by atoms with E-state index in [0.29, 0.717) is 32.9 Å². The van der Waals surface area contributed by atoms with Crippen LogP contribution in [0.2, 0.25) is 0 Å². The number of ether oxygens (including phenoxy) is 3. The molecule has 0 aliphatic carbocycles. The van der Waals surface area contributed by atoms with Gasteiger partial charge in [-0.25, -0.2) is 4.79 Å². The van der Waals surface area contributed by atoms with Crippen molar-refractivity contribution in [3.8, 4) is 0 Å². The van der Waals surface area contributed by atoms with Crippen LogP contribution in [0.4, 0.5) is 4.79 Å². The van der Waals surface area contributed by atoms with Crippen LogP contribution in [0.3, 0.4) is 0 Å². The Balaban J connectivity index is 3.39. The molecular formula is C14H27N5O5. The third kappa shape index (κ3) is 16.3. The van der Waals surface area contributed by atoms with Crippen LogP contribution in [0.15, 0.2) is 5.11 Å². The summed E-state index contributed by atoms with van der Waals surface area (Å²) in [4.78, 5) is 25.4. The van der Waals surface area contributed by atoms with Gasteiger partial charge in [-0.15, -0.1) is 0 Å². The summed E-state index contributed by atoms with van der Waals surface area (Å²) in [6, 6.07) is 0. The summed E-state index contributed by atoms with van der Waals surface area (Å²) in [5.41, 5.74) is 7.53. The van der Waals surface area contributed by atoms with Gasteiger partial charge in [0.25, 0.3) is 0 Å². The van der Waals surface area contributed by atoms with E-state index in [2.05, 4.69) is 20.7 Å². The molecule has 10 nitrogen and oxygen atoms in total. The number of rotatable bonds is 12. The van der Waals surface area contributed by atoms with Crippen LogP contribution in [-0.2, 0) is 19.0 Å². The quantitative estimate of drug-likeness (QED) is 0.238. The van der Waals surface area contributed by atoms with Gasteiger partial charge in [-0.1, -0.05) is 5.11 Å². The summed E-state index contributed by atoms with van der Waals surface area (Å²) < 4.78 is 15.5. The molecule has 0 unspecified atom stereocenters. The van der Waals surface area contributed by atoms with Crippen LogP contribution in [0.1, 0.15) is 27.2 Å². The van der Waals surface area contributed by atoms with Crippen LogP contribution in [0.25, 0.3) is 10.4 Å². The highest BCUT2D eigenvalue weighted by molar-refractivity contribution is 5.75. The van der Waals surface area contributed by atoms with Gasteiger partial charge in [0.15, 0.2) is 0 Å². The van der Waals surface area contributed by atoms with E-state index < -0.39 is 11.7 Å². The highest BCUT2D eigenvalue weighted by Gasteiger charge is 2.15. The standard InChI is InChI=1S/C14H27N5O5/c1-14(2,3)24-13(21)17-6-10-23-9-5-16-12(20)4-8-22-11-7-18-19-15/h4-11H2,1-3H3,(H,16,20)(H,17,21). The molecule has 24 heavy (non-hydrogen) atoms. The van der Waals surface area contributed by atoms with E-state index in [1.54, 1.807) is 20.8 Å². The third-order valence-corrected chi connectivity index (χ3v) is 2.36. The molecule has 0 atom stereocenters.